The summed E-state index contributed by atoms with van der Waals surface area (Å²) in [6.07, 6.45) is 0.552. The number of benzene rings is 1. The fourth-order valence-corrected chi connectivity index (χ4v) is 3.39. The van der Waals surface area contributed by atoms with Gasteiger partial charge in [-0.15, -0.1) is 11.3 Å². The Balaban J connectivity index is 2.17. The second kappa shape index (κ2) is 5.97. The van der Waals surface area contributed by atoms with Crippen molar-refractivity contribution in [1.29, 1.82) is 0 Å². The van der Waals surface area contributed by atoms with Gasteiger partial charge in [-0.25, -0.2) is 4.98 Å². The number of nitrogens with zero attached hydrogens (tertiary/aromatic N) is 3. The summed E-state index contributed by atoms with van der Waals surface area (Å²) in [5.74, 6) is 0.834. The quantitative estimate of drug-likeness (QED) is 0.401. The summed E-state index contributed by atoms with van der Waals surface area (Å²) in [4.78, 5) is 32.1. The van der Waals surface area contributed by atoms with E-state index in [1.54, 1.807) is 6.92 Å². The maximum atomic E-state index is 11.3. The molecule has 8 heteroatoms. The summed E-state index contributed by atoms with van der Waals surface area (Å²) in [7, 11) is 0. The first-order chi connectivity index (χ1) is 11.4. The Bertz CT molecular complexity index is 981. The van der Waals surface area contributed by atoms with E-state index < -0.39 is 4.92 Å². The van der Waals surface area contributed by atoms with Crippen molar-refractivity contribution in [2.75, 3.05) is 0 Å². The predicted octanol–water partition coefficient (Wildman–Crippen LogP) is 4.13. The van der Waals surface area contributed by atoms with E-state index in [0.717, 1.165) is 20.7 Å². The van der Waals surface area contributed by atoms with Crippen molar-refractivity contribution in [1.82, 2.24) is 9.97 Å². The Labute approximate surface area is 141 Å². The molecule has 0 saturated heterocycles. The van der Waals surface area contributed by atoms with Crippen molar-refractivity contribution >= 4 is 33.5 Å². The molecule has 0 amide bonds. The van der Waals surface area contributed by atoms with E-state index in [0.29, 0.717) is 12.1 Å². The lowest BCUT2D eigenvalue weighted by atomic mass is 10.2. The molecular formula is C16H13N3O4S. The van der Waals surface area contributed by atoms with Gasteiger partial charge in [0, 0.05) is 16.5 Å². The molecule has 0 spiro atoms. The van der Waals surface area contributed by atoms with Crippen LogP contribution in [0.5, 0.6) is 11.6 Å². The number of ether oxygens (including phenoxy) is 1. The third kappa shape index (κ3) is 2.71. The summed E-state index contributed by atoms with van der Waals surface area (Å²) >= 11 is 1.52. The van der Waals surface area contributed by atoms with Crippen LogP contribution in [-0.2, 0) is 0 Å². The summed E-state index contributed by atoms with van der Waals surface area (Å²) in [6, 6.07) is 4.05. The molecule has 2 heterocycles. The van der Waals surface area contributed by atoms with Crippen molar-refractivity contribution in [2.45, 2.75) is 20.8 Å². The number of nitro benzene ring substituents is 1. The Morgan fingerprint density at radius 3 is 2.67 bits per heavy atom. The minimum absolute atomic E-state index is 0.0354. The van der Waals surface area contributed by atoms with Gasteiger partial charge in [-0.3, -0.25) is 14.9 Å². The zero-order valence-corrected chi connectivity index (χ0v) is 14.0. The highest BCUT2D eigenvalue weighted by molar-refractivity contribution is 7.18. The first kappa shape index (κ1) is 16.0. The highest BCUT2D eigenvalue weighted by Crippen LogP contribution is 2.38. The van der Waals surface area contributed by atoms with Gasteiger partial charge in [0.05, 0.1) is 10.3 Å². The summed E-state index contributed by atoms with van der Waals surface area (Å²) in [5.41, 5.74) is 0.909. The number of aldehydes is 1. The van der Waals surface area contributed by atoms with Crippen LogP contribution < -0.4 is 4.74 Å². The zero-order chi connectivity index (χ0) is 17.4. The van der Waals surface area contributed by atoms with Crippen LogP contribution in [0.3, 0.4) is 0 Å². The van der Waals surface area contributed by atoms with Gasteiger partial charge in [-0.05, 0) is 38.5 Å². The van der Waals surface area contributed by atoms with Gasteiger partial charge < -0.3 is 4.74 Å². The molecule has 0 aliphatic carbocycles. The van der Waals surface area contributed by atoms with Crippen LogP contribution in [0.15, 0.2) is 18.2 Å². The van der Waals surface area contributed by atoms with Gasteiger partial charge in [-0.2, -0.15) is 4.98 Å². The molecule has 0 unspecified atom stereocenters. The number of carbonyl (C=O) groups is 1. The summed E-state index contributed by atoms with van der Waals surface area (Å²) in [5, 5.41) is 12.0. The lowest BCUT2D eigenvalue weighted by molar-refractivity contribution is -0.385. The molecule has 2 aromatic heterocycles. The van der Waals surface area contributed by atoms with E-state index in [9.17, 15) is 14.9 Å². The normalized spacial score (nSPS) is 10.8. The number of rotatable bonds is 4. The monoisotopic (exact) mass is 343 g/mol. The Hall–Kier alpha value is -2.87. The summed E-state index contributed by atoms with van der Waals surface area (Å²) in [6.45, 7) is 5.65. The molecule has 0 fully saturated rings. The van der Waals surface area contributed by atoms with Gasteiger partial charge in [0.1, 0.15) is 16.9 Å². The number of fused-ring (bicyclic) bond motifs is 1. The molecule has 1 aromatic carbocycles. The number of thiophene rings is 1. The third-order valence-electron chi connectivity index (χ3n) is 3.63. The summed E-state index contributed by atoms with van der Waals surface area (Å²) < 4.78 is 5.76. The SMILES string of the molecule is Cc1nc(Oc2ccc(C=O)cc2[N+](=O)[O-])c2c(C)c(C)sc2n1. The zero-order valence-electron chi connectivity index (χ0n) is 13.2. The molecule has 0 aliphatic heterocycles. The number of aromatic nitrogens is 2. The molecule has 24 heavy (non-hydrogen) atoms. The van der Waals surface area contributed by atoms with Crippen LogP contribution in [0, 0.1) is 30.9 Å². The van der Waals surface area contributed by atoms with E-state index >= 15 is 0 Å². The molecule has 3 rings (SSSR count). The number of hydrogen-bond acceptors (Lipinski definition) is 7. The smallest absolute Gasteiger partial charge is 0.312 e. The van der Waals surface area contributed by atoms with E-state index in [4.69, 9.17) is 4.74 Å². The first-order valence-corrected chi connectivity index (χ1v) is 7.88. The average Bonchev–Trinajstić information content (AvgIpc) is 2.81. The second-order valence-electron chi connectivity index (χ2n) is 5.24. The second-order valence-corrected chi connectivity index (χ2v) is 6.45. The fourth-order valence-electron chi connectivity index (χ4n) is 2.33. The van der Waals surface area contributed by atoms with Gasteiger partial charge in [0.15, 0.2) is 0 Å². The maximum absolute atomic E-state index is 11.3. The number of aryl methyl sites for hydroxylation is 3. The van der Waals surface area contributed by atoms with Crippen molar-refractivity contribution in [2.24, 2.45) is 0 Å². The highest BCUT2D eigenvalue weighted by Gasteiger charge is 2.21. The minimum atomic E-state index is -0.584. The van der Waals surface area contributed by atoms with Gasteiger partial charge in [0.25, 0.3) is 0 Å². The molecule has 0 saturated carbocycles. The van der Waals surface area contributed by atoms with Crippen LogP contribution in [0.25, 0.3) is 10.2 Å². The molecule has 0 bridgehead atoms. The maximum Gasteiger partial charge on any atom is 0.312 e. The number of hydrogen-bond donors (Lipinski definition) is 0. The van der Waals surface area contributed by atoms with Crippen LogP contribution in [0.4, 0.5) is 5.69 Å². The molecular weight excluding hydrogens is 330 g/mol. The minimum Gasteiger partial charge on any atom is -0.431 e. The Morgan fingerprint density at radius 1 is 1.25 bits per heavy atom. The van der Waals surface area contributed by atoms with Gasteiger partial charge >= 0.3 is 5.69 Å². The van der Waals surface area contributed by atoms with Crippen molar-refractivity contribution in [3.63, 3.8) is 0 Å². The Kier molecular flexibility index (Phi) is 3.98. The number of nitro groups is 1. The lowest BCUT2D eigenvalue weighted by Crippen LogP contribution is -1.98. The fraction of sp³-hybridized carbons (Fsp3) is 0.188. The van der Waals surface area contributed by atoms with Crippen LogP contribution in [0.1, 0.15) is 26.6 Å². The highest BCUT2D eigenvalue weighted by atomic mass is 32.1. The van der Waals surface area contributed by atoms with Crippen molar-refractivity contribution < 1.29 is 14.5 Å². The van der Waals surface area contributed by atoms with E-state index in [-0.39, 0.29) is 22.9 Å². The van der Waals surface area contributed by atoms with Gasteiger partial charge in [-0.1, -0.05) is 0 Å². The molecule has 0 aliphatic rings. The topological polar surface area (TPSA) is 95.2 Å². The molecule has 3 aromatic rings. The Morgan fingerprint density at radius 2 is 2.00 bits per heavy atom. The van der Waals surface area contributed by atoms with Crippen LogP contribution in [-0.4, -0.2) is 21.2 Å². The molecule has 0 radical (unpaired) electrons. The van der Waals surface area contributed by atoms with E-state index in [1.807, 2.05) is 13.8 Å². The van der Waals surface area contributed by atoms with E-state index in [1.165, 1.54) is 29.5 Å². The molecule has 0 N–H and O–H groups in total. The lowest BCUT2D eigenvalue weighted by Gasteiger charge is -2.08. The molecule has 122 valence electrons. The molecule has 0 atom stereocenters. The van der Waals surface area contributed by atoms with Crippen LogP contribution in [0.2, 0.25) is 0 Å². The van der Waals surface area contributed by atoms with Crippen LogP contribution >= 0.6 is 11.3 Å². The van der Waals surface area contributed by atoms with Gasteiger partial charge in [0.2, 0.25) is 11.6 Å². The van der Waals surface area contributed by atoms with E-state index in [2.05, 4.69) is 9.97 Å². The average molecular weight is 343 g/mol. The third-order valence-corrected chi connectivity index (χ3v) is 4.73. The largest absolute Gasteiger partial charge is 0.431 e. The first-order valence-electron chi connectivity index (χ1n) is 7.06. The predicted molar refractivity (Wildman–Crippen MR) is 90.2 cm³/mol. The van der Waals surface area contributed by atoms with Crippen molar-refractivity contribution in [3.8, 4) is 11.6 Å². The number of carbonyl (C=O) groups excluding carboxylic acids is 1. The van der Waals surface area contributed by atoms with Crippen molar-refractivity contribution in [3.05, 3.63) is 50.1 Å². The standard InChI is InChI=1S/C16H13N3O4S/c1-8-9(2)24-16-14(8)15(17-10(3)18-16)23-13-5-4-11(7-20)6-12(13)19(21)22/h4-7H,1-3H3. The molecule has 7 nitrogen and oxygen atoms in total.